The van der Waals surface area contributed by atoms with Crippen molar-refractivity contribution in [1.82, 2.24) is 0 Å². The first-order valence-corrected chi connectivity index (χ1v) is 57.5. The zero-order valence-electron chi connectivity index (χ0n) is 90.8. The number of anilines is 3. The van der Waals surface area contributed by atoms with Crippen LogP contribution in [0.25, 0.3) is 177 Å². The second kappa shape index (κ2) is 36.8. The van der Waals surface area contributed by atoms with Crippen LogP contribution in [0.4, 0.5) is 17.1 Å². The molecule has 0 bridgehead atoms. The number of benzene rings is 17. The summed E-state index contributed by atoms with van der Waals surface area (Å²) in [6.07, 6.45) is 30.7. The Hall–Kier alpha value is -13.9. The topological polar surface area (TPSA) is 29.5 Å². The normalized spacial score (nSPS) is 15.6. The molecule has 0 spiro atoms. The molecule has 748 valence electrons. The van der Waals surface area contributed by atoms with Gasteiger partial charge < -0.3 is 13.7 Å². The minimum Gasteiger partial charge on any atom is -0.455 e. The molecule has 0 N–H and O–H groups in total. The Labute approximate surface area is 890 Å². The van der Waals surface area contributed by atoms with Gasteiger partial charge in [-0.05, 0) is 324 Å². The van der Waals surface area contributed by atoms with E-state index >= 15 is 0 Å². The van der Waals surface area contributed by atoms with E-state index < -0.39 is 10.8 Å². The number of hydrogen-bond acceptors (Lipinski definition) is 3. The van der Waals surface area contributed by atoms with Crippen LogP contribution in [-0.4, -0.2) is 0 Å². The predicted octanol–water partition coefficient (Wildman–Crippen LogP) is 42.8. The molecular weight excluding hydrogens is 1810 g/mol. The quantitative estimate of drug-likeness (QED) is 0.0394. The summed E-state index contributed by atoms with van der Waals surface area (Å²) >= 11 is 0. The fraction of sp³-hybridized carbons (Fsp3) is 0.306. The van der Waals surface area contributed by atoms with E-state index in [1.807, 2.05) is 0 Å². The second-order valence-corrected chi connectivity index (χ2v) is 48.5. The van der Waals surface area contributed by atoms with E-state index in [9.17, 15) is 0 Å². The van der Waals surface area contributed by atoms with Gasteiger partial charge in [-0.3, -0.25) is 0 Å². The Kier molecular flexibility index (Phi) is 23.5. The fourth-order valence-corrected chi connectivity index (χ4v) is 29.9. The van der Waals surface area contributed by atoms with Crippen molar-refractivity contribution in [3.63, 3.8) is 0 Å². The molecule has 2 heterocycles. The molecule has 0 saturated heterocycles. The van der Waals surface area contributed by atoms with Crippen LogP contribution >= 0.6 is 0 Å². The standard InChI is InChI=1S/C147H143NO2/c1-15-19-23-27-44-76-146(77-45-28-24-20-16-2)118-55-39-34-51-102(118)108-70-62-95(82-128(108)146)93-60-68-104-106-72-64-97(84-122(106)141(5,6)120(104)80-93)114-88-130-135(137-112-53-37-42-58-133(112)149-139(114)137)111-75-67-100(87-125(111)144(130,11)12)148(132-57-41-36-50-101(132)92-48-32-31-33-49-92)99-66-74-110-116-90-127-117(91-126(116)143(9,10)124(110)86-99)136-131(145(127,13)14)89-115(140-138(136)113-54-38-43-59-134(113)150-140)98-65-73-107-105-69-61-94(81-121(105)142(7,8)123(107)85-98)96-63-71-109-103-52-35-40-56-119(103)147(129(109)83-96,78-46-29-25-21-17-3)79-47-30-26-22-18-4/h31-43,48-75,80-91H,15-30,44-47,76-79H2,1-14H3. The largest absolute Gasteiger partial charge is 0.455 e. The van der Waals surface area contributed by atoms with Crippen molar-refractivity contribution in [1.29, 1.82) is 0 Å². The number of rotatable bonds is 32. The molecule has 150 heavy (non-hydrogen) atoms. The molecule has 0 unspecified atom stereocenters. The van der Waals surface area contributed by atoms with Crippen LogP contribution in [0.5, 0.6) is 0 Å². The first kappa shape index (κ1) is 95.8. The van der Waals surface area contributed by atoms with Crippen molar-refractivity contribution >= 4 is 60.9 Å². The Morgan fingerprint density at radius 1 is 0.193 bits per heavy atom. The Morgan fingerprint density at radius 2 is 0.480 bits per heavy atom. The number of fused-ring (bicyclic) bond motifs is 29. The van der Waals surface area contributed by atoms with Gasteiger partial charge >= 0.3 is 0 Å². The van der Waals surface area contributed by atoms with Gasteiger partial charge in [0.05, 0.1) is 5.69 Å². The highest BCUT2D eigenvalue weighted by Gasteiger charge is 2.50. The maximum atomic E-state index is 7.38. The lowest BCUT2D eigenvalue weighted by Gasteiger charge is -2.33. The van der Waals surface area contributed by atoms with Gasteiger partial charge in [0.15, 0.2) is 0 Å². The minimum atomic E-state index is -0.436. The molecule has 17 aromatic carbocycles. The molecule has 2 aromatic heterocycles. The third-order valence-electron chi connectivity index (χ3n) is 38.1. The van der Waals surface area contributed by atoms with Gasteiger partial charge in [0, 0.05) is 87.5 Å². The highest BCUT2D eigenvalue weighted by atomic mass is 16.3. The summed E-state index contributed by atoms with van der Waals surface area (Å²) < 4.78 is 14.7. The predicted molar refractivity (Wildman–Crippen MR) is 637 cm³/mol. The lowest BCUT2D eigenvalue weighted by atomic mass is 9.70. The zero-order valence-corrected chi connectivity index (χ0v) is 90.8. The number of nitrogens with zero attached hydrogens (tertiary/aromatic N) is 1. The molecule has 0 atom stereocenters. The van der Waals surface area contributed by atoms with Crippen LogP contribution < -0.4 is 4.90 Å². The zero-order chi connectivity index (χ0) is 102. The van der Waals surface area contributed by atoms with Crippen LogP contribution in [0.3, 0.4) is 0 Å². The molecule has 19 aromatic rings. The van der Waals surface area contributed by atoms with Crippen LogP contribution in [0.2, 0.25) is 0 Å². The van der Waals surface area contributed by atoms with Gasteiger partial charge in [-0.15, -0.1) is 0 Å². The highest BCUT2D eigenvalue weighted by molar-refractivity contribution is 6.21. The van der Waals surface area contributed by atoms with E-state index in [4.69, 9.17) is 8.83 Å². The molecule has 0 fully saturated rings. The van der Waals surface area contributed by atoms with E-state index in [0.717, 1.165) is 61.3 Å². The maximum absolute atomic E-state index is 7.38. The monoisotopic (exact) mass is 1950 g/mol. The lowest BCUT2D eigenvalue weighted by molar-refractivity contribution is 0.399. The average Bonchev–Trinajstić information content (AvgIpc) is 1.52. The third kappa shape index (κ3) is 14.8. The summed E-state index contributed by atoms with van der Waals surface area (Å²) in [5, 5.41) is 4.68. The van der Waals surface area contributed by atoms with Gasteiger partial charge in [-0.1, -0.05) is 444 Å². The van der Waals surface area contributed by atoms with Crippen molar-refractivity contribution in [2.24, 2.45) is 0 Å². The van der Waals surface area contributed by atoms with Gasteiger partial charge in [0.1, 0.15) is 22.3 Å². The molecular formula is C147H143NO2. The van der Waals surface area contributed by atoms with Gasteiger partial charge in [-0.25, -0.2) is 0 Å². The molecule has 0 aliphatic heterocycles. The van der Waals surface area contributed by atoms with Crippen LogP contribution in [0, 0.1) is 0 Å². The Bertz CT molecular complexity index is 8650. The molecule has 3 heteroatoms. The lowest BCUT2D eigenvalue weighted by Crippen LogP contribution is -2.25. The molecule has 3 nitrogen and oxygen atoms in total. The molecule has 0 saturated carbocycles. The van der Waals surface area contributed by atoms with Gasteiger partial charge in [0.25, 0.3) is 0 Å². The van der Waals surface area contributed by atoms with E-state index in [-0.39, 0.29) is 27.1 Å². The summed E-state index contributed by atoms with van der Waals surface area (Å²) in [4.78, 5) is 2.57. The SMILES string of the molecule is CCCCCCCC1(CCCCCCC)c2ccccc2-c2ccc(-c3ccc4c(c3)C(C)(C)c3cc(-c5cc6c(c7c5oc5ccccc57)-c5ccc(N(c7ccc8c(c7)C(C)(C)c7cc9c(cc7-8)C(C)(C)c7cc(-c8ccc%10c(c8)C(C)(C)c8cc(-c%11ccc%12c(c%11)C(CCCCCCC)(CCCCCCC)c%11ccccc%11-%12)ccc8-%10)c8oc%10ccccc%10c8c7-9)c7ccccc7-c7ccccc7)cc5C6(C)C)ccc3-4)cc21. The summed E-state index contributed by atoms with van der Waals surface area (Å²) in [6.45, 7) is 34.1. The van der Waals surface area contributed by atoms with Gasteiger partial charge in [0.2, 0.25) is 0 Å². The van der Waals surface area contributed by atoms with E-state index in [1.165, 1.54) is 343 Å². The smallest absolute Gasteiger partial charge is 0.143 e. The summed E-state index contributed by atoms with van der Waals surface area (Å²) in [6, 6.07) is 127. The number of furan rings is 2. The summed E-state index contributed by atoms with van der Waals surface area (Å²) in [7, 11) is 0. The third-order valence-corrected chi connectivity index (χ3v) is 38.1. The fourth-order valence-electron chi connectivity index (χ4n) is 29.9. The van der Waals surface area contributed by atoms with E-state index in [1.54, 1.807) is 22.3 Å². The molecule has 0 amide bonds. The van der Waals surface area contributed by atoms with Crippen LogP contribution in [-0.2, 0) is 37.9 Å². The van der Waals surface area contributed by atoms with Crippen LogP contribution in [0.15, 0.2) is 330 Å². The Morgan fingerprint density at radius 3 is 0.913 bits per heavy atom. The van der Waals surface area contributed by atoms with Crippen LogP contribution in [0.1, 0.15) is 329 Å². The Balaban J connectivity index is 0.532. The first-order chi connectivity index (χ1) is 73.0. The summed E-state index contributed by atoms with van der Waals surface area (Å²) in [5.74, 6) is 0. The molecule has 26 rings (SSSR count). The van der Waals surface area contributed by atoms with E-state index in [2.05, 4.69) is 423 Å². The van der Waals surface area contributed by atoms with Crippen molar-refractivity contribution in [3.05, 3.63) is 399 Å². The number of unbranched alkanes of at least 4 members (excludes halogenated alkanes) is 16. The number of para-hydroxylation sites is 3. The molecule has 7 aliphatic carbocycles. The maximum Gasteiger partial charge on any atom is 0.143 e. The second-order valence-electron chi connectivity index (χ2n) is 48.5. The number of hydrogen-bond donors (Lipinski definition) is 0. The minimum absolute atomic E-state index is 0.0154. The van der Waals surface area contributed by atoms with Crippen molar-refractivity contribution in [2.45, 2.75) is 289 Å². The van der Waals surface area contributed by atoms with Crippen molar-refractivity contribution in [3.8, 4) is 134 Å². The van der Waals surface area contributed by atoms with Crippen molar-refractivity contribution < 1.29 is 8.83 Å². The highest BCUT2D eigenvalue weighted by Crippen LogP contribution is 2.66. The summed E-state index contributed by atoms with van der Waals surface area (Å²) in [5.41, 5.74) is 56.1. The van der Waals surface area contributed by atoms with Gasteiger partial charge in [-0.2, -0.15) is 0 Å². The van der Waals surface area contributed by atoms with Crippen molar-refractivity contribution in [2.75, 3.05) is 4.90 Å². The average molecular weight is 1960 g/mol. The molecule has 7 aliphatic rings. The molecule has 0 radical (unpaired) electrons. The first-order valence-electron chi connectivity index (χ1n) is 57.5. The van der Waals surface area contributed by atoms with E-state index in [0.29, 0.717) is 0 Å².